The lowest BCUT2D eigenvalue weighted by Crippen LogP contribution is -2.29. The molecule has 0 aliphatic carbocycles. The maximum atomic E-state index is 13.4. The summed E-state index contributed by atoms with van der Waals surface area (Å²) in [6.07, 6.45) is 0.137. The van der Waals surface area contributed by atoms with Crippen LogP contribution in [0.25, 0.3) is 0 Å². The Morgan fingerprint density at radius 3 is 2.88 bits per heavy atom. The lowest BCUT2D eigenvalue weighted by atomic mass is 10.2. The average molecular weight is 238 g/mol. The SMILES string of the molecule is CN1CCC(Oc2ccc(CN)c(F)c2)C1=O. The van der Waals surface area contributed by atoms with Gasteiger partial charge in [0.15, 0.2) is 6.10 Å². The van der Waals surface area contributed by atoms with Crippen LogP contribution in [0.4, 0.5) is 4.39 Å². The van der Waals surface area contributed by atoms with Crippen LogP contribution in [-0.4, -0.2) is 30.5 Å². The van der Waals surface area contributed by atoms with E-state index < -0.39 is 11.9 Å². The van der Waals surface area contributed by atoms with Crippen LogP contribution >= 0.6 is 0 Å². The van der Waals surface area contributed by atoms with Gasteiger partial charge in [0.25, 0.3) is 5.91 Å². The van der Waals surface area contributed by atoms with Gasteiger partial charge in [-0.2, -0.15) is 0 Å². The first kappa shape index (κ1) is 11.9. The maximum Gasteiger partial charge on any atom is 0.263 e. The number of amides is 1. The summed E-state index contributed by atoms with van der Waals surface area (Å²) >= 11 is 0. The molecule has 1 aromatic rings. The monoisotopic (exact) mass is 238 g/mol. The molecule has 1 heterocycles. The Kier molecular flexibility index (Phi) is 3.28. The van der Waals surface area contributed by atoms with Crippen molar-refractivity contribution in [3.63, 3.8) is 0 Å². The summed E-state index contributed by atoms with van der Waals surface area (Å²) in [5, 5.41) is 0. The summed E-state index contributed by atoms with van der Waals surface area (Å²) in [4.78, 5) is 13.2. The van der Waals surface area contributed by atoms with Gasteiger partial charge in [0.05, 0.1) is 0 Å². The van der Waals surface area contributed by atoms with Crippen molar-refractivity contribution in [1.29, 1.82) is 0 Å². The molecule has 2 N–H and O–H groups in total. The highest BCUT2D eigenvalue weighted by Gasteiger charge is 2.30. The topological polar surface area (TPSA) is 55.6 Å². The molecule has 1 fully saturated rings. The van der Waals surface area contributed by atoms with Gasteiger partial charge in [-0.1, -0.05) is 6.07 Å². The molecule has 1 aromatic carbocycles. The Labute approximate surface area is 99.2 Å². The molecule has 5 heteroatoms. The number of nitrogens with zero attached hydrogens (tertiary/aromatic N) is 1. The molecule has 0 aromatic heterocycles. The van der Waals surface area contributed by atoms with Gasteiger partial charge >= 0.3 is 0 Å². The summed E-state index contributed by atoms with van der Waals surface area (Å²) in [6, 6.07) is 4.48. The normalized spacial score (nSPS) is 19.8. The van der Waals surface area contributed by atoms with E-state index in [1.807, 2.05) is 0 Å². The van der Waals surface area contributed by atoms with Crippen molar-refractivity contribution in [3.8, 4) is 5.75 Å². The fourth-order valence-corrected chi connectivity index (χ4v) is 1.83. The van der Waals surface area contributed by atoms with E-state index in [-0.39, 0.29) is 12.5 Å². The zero-order valence-electron chi connectivity index (χ0n) is 9.65. The summed E-state index contributed by atoms with van der Waals surface area (Å²) in [5.41, 5.74) is 5.80. The van der Waals surface area contributed by atoms with Gasteiger partial charge < -0.3 is 15.4 Å². The molecule has 4 nitrogen and oxygen atoms in total. The first-order valence-electron chi connectivity index (χ1n) is 5.52. The first-order valence-corrected chi connectivity index (χ1v) is 5.52. The van der Waals surface area contributed by atoms with Crippen LogP contribution in [0.5, 0.6) is 5.75 Å². The summed E-state index contributed by atoms with van der Waals surface area (Å²) < 4.78 is 18.9. The fraction of sp³-hybridized carbons (Fsp3) is 0.417. The third-order valence-electron chi connectivity index (χ3n) is 2.90. The minimum atomic E-state index is -0.497. The number of carbonyl (C=O) groups is 1. The summed E-state index contributed by atoms with van der Waals surface area (Å²) in [5.74, 6) is -0.0922. The number of rotatable bonds is 3. The Morgan fingerprint density at radius 2 is 2.35 bits per heavy atom. The molecule has 0 saturated carbocycles. The van der Waals surface area contributed by atoms with Gasteiger partial charge in [-0.3, -0.25) is 4.79 Å². The molecular weight excluding hydrogens is 223 g/mol. The molecule has 0 bridgehead atoms. The van der Waals surface area contributed by atoms with E-state index >= 15 is 0 Å². The van der Waals surface area contributed by atoms with Crippen molar-refractivity contribution >= 4 is 5.91 Å². The molecule has 1 amide bonds. The van der Waals surface area contributed by atoms with Crippen molar-refractivity contribution in [2.24, 2.45) is 5.73 Å². The summed E-state index contributed by atoms with van der Waals surface area (Å²) in [7, 11) is 1.73. The van der Waals surface area contributed by atoms with Crippen LogP contribution in [0.15, 0.2) is 18.2 Å². The molecular formula is C12H15FN2O2. The van der Waals surface area contributed by atoms with E-state index in [1.165, 1.54) is 6.07 Å². The Balaban J connectivity index is 2.09. The summed E-state index contributed by atoms with van der Waals surface area (Å²) in [6.45, 7) is 0.823. The lowest BCUT2D eigenvalue weighted by molar-refractivity contribution is -0.132. The smallest absolute Gasteiger partial charge is 0.263 e. The van der Waals surface area contributed by atoms with Crippen molar-refractivity contribution in [1.82, 2.24) is 4.90 Å². The van der Waals surface area contributed by atoms with Crippen LogP contribution in [0, 0.1) is 5.82 Å². The fourth-order valence-electron chi connectivity index (χ4n) is 1.83. The Morgan fingerprint density at radius 1 is 1.59 bits per heavy atom. The number of likely N-dealkylation sites (N-methyl/N-ethyl adjacent to an activating group) is 1. The minimum Gasteiger partial charge on any atom is -0.480 e. The Bertz CT molecular complexity index is 437. The number of benzene rings is 1. The van der Waals surface area contributed by atoms with Crippen molar-refractivity contribution in [3.05, 3.63) is 29.6 Å². The number of likely N-dealkylation sites (tertiary alicyclic amines) is 1. The largest absolute Gasteiger partial charge is 0.480 e. The van der Waals surface area contributed by atoms with Crippen LogP contribution in [0.1, 0.15) is 12.0 Å². The van der Waals surface area contributed by atoms with Gasteiger partial charge in [0.2, 0.25) is 0 Å². The predicted octanol–water partition coefficient (Wildman–Crippen LogP) is 0.894. The van der Waals surface area contributed by atoms with Crippen molar-refractivity contribution in [2.75, 3.05) is 13.6 Å². The van der Waals surface area contributed by atoms with E-state index in [0.29, 0.717) is 24.3 Å². The molecule has 1 aliphatic heterocycles. The molecule has 1 saturated heterocycles. The predicted molar refractivity (Wildman–Crippen MR) is 61.0 cm³/mol. The second-order valence-electron chi connectivity index (χ2n) is 4.11. The maximum absolute atomic E-state index is 13.4. The number of hydrogen-bond acceptors (Lipinski definition) is 3. The number of ether oxygens (including phenoxy) is 1. The lowest BCUT2D eigenvalue weighted by Gasteiger charge is -2.13. The van der Waals surface area contributed by atoms with E-state index in [9.17, 15) is 9.18 Å². The number of hydrogen-bond donors (Lipinski definition) is 1. The second-order valence-corrected chi connectivity index (χ2v) is 4.11. The quantitative estimate of drug-likeness (QED) is 0.851. The number of nitrogens with two attached hydrogens (primary N) is 1. The molecule has 2 rings (SSSR count). The minimum absolute atomic E-state index is 0.0618. The third kappa shape index (κ3) is 2.39. The van der Waals surface area contributed by atoms with E-state index in [2.05, 4.69) is 0 Å². The molecule has 0 spiro atoms. The van der Waals surface area contributed by atoms with Crippen LogP contribution in [0.3, 0.4) is 0 Å². The van der Waals surface area contributed by atoms with Gasteiger partial charge in [-0.05, 0) is 6.07 Å². The highest BCUT2D eigenvalue weighted by atomic mass is 19.1. The number of halogens is 1. The molecule has 17 heavy (non-hydrogen) atoms. The van der Waals surface area contributed by atoms with Crippen LogP contribution in [-0.2, 0) is 11.3 Å². The van der Waals surface area contributed by atoms with Gasteiger partial charge in [0, 0.05) is 38.2 Å². The highest BCUT2D eigenvalue weighted by molar-refractivity contribution is 5.83. The van der Waals surface area contributed by atoms with Crippen LogP contribution < -0.4 is 10.5 Å². The average Bonchev–Trinajstić information content (AvgIpc) is 2.61. The highest BCUT2D eigenvalue weighted by Crippen LogP contribution is 2.21. The van der Waals surface area contributed by atoms with Gasteiger partial charge in [0.1, 0.15) is 11.6 Å². The van der Waals surface area contributed by atoms with E-state index in [1.54, 1.807) is 24.1 Å². The van der Waals surface area contributed by atoms with Gasteiger partial charge in [-0.15, -0.1) is 0 Å². The molecule has 0 radical (unpaired) electrons. The molecule has 1 unspecified atom stereocenters. The zero-order chi connectivity index (χ0) is 12.4. The van der Waals surface area contributed by atoms with E-state index in [4.69, 9.17) is 10.5 Å². The second kappa shape index (κ2) is 4.71. The van der Waals surface area contributed by atoms with E-state index in [0.717, 1.165) is 0 Å². The Hall–Kier alpha value is -1.62. The van der Waals surface area contributed by atoms with Crippen molar-refractivity contribution in [2.45, 2.75) is 19.1 Å². The number of carbonyl (C=O) groups excluding carboxylic acids is 1. The molecule has 1 aliphatic rings. The zero-order valence-corrected chi connectivity index (χ0v) is 9.65. The standard InChI is InChI=1S/C12H15FN2O2/c1-15-5-4-11(12(15)16)17-9-3-2-8(7-14)10(13)6-9/h2-3,6,11H,4-5,7,14H2,1H3. The molecule has 1 atom stereocenters. The van der Waals surface area contributed by atoms with Crippen LogP contribution in [0.2, 0.25) is 0 Å². The molecule has 92 valence electrons. The first-order chi connectivity index (χ1) is 8.11. The third-order valence-corrected chi connectivity index (χ3v) is 2.90. The van der Waals surface area contributed by atoms with Crippen molar-refractivity contribution < 1.29 is 13.9 Å². The van der Waals surface area contributed by atoms with Gasteiger partial charge in [-0.25, -0.2) is 4.39 Å².